The molecule has 3 atom stereocenters. The van der Waals surface area contributed by atoms with Crippen molar-refractivity contribution in [1.82, 2.24) is 10.2 Å². The van der Waals surface area contributed by atoms with Crippen molar-refractivity contribution in [3.05, 3.63) is 34.4 Å². The number of anilines is 1. The van der Waals surface area contributed by atoms with E-state index in [2.05, 4.69) is 12.2 Å². The molecule has 2 heterocycles. The van der Waals surface area contributed by atoms with Crippen LogP contribution in [0.4, 0.5) is 16.2 Å². The molecule has 9 heteroatoms. The van der Waals surface area contributed by atoms with Gasteiger partial charge in [0.05, 0.1) is 16.7 Å². The predicted molar refractivity (Wildman–Crippen MR) is 112 cm³/mol. The summed E-state index contributed by atoms with van der Waals surface area (Å²) >= 11 is 0. The molecule has 1 aromatic rings. The average Bonchev–Trinajstić information content (AvgIpc) is 3.02. The molecule has 164 valence electrons. The third kappa shape index (κ3) is 5.08. The molecule has 2 saturated heterocycles. The molecule has 2 amide bonds. The van der Waals surface area contributed by atoms with Crippen molar-refractivity contribution < 1.29 is 19.2 Å². The number of piperidine rings is 1. The van der Waals surface area contributed by atoms with E-state index in [1.54, 1.807) is 21.9 Å². The zero-order chi connectivity index (χ0) is 22.1. The van der Waals surface area contributed by atoms with Gasteiger partial charge in [-0.2, -0.15) is 0 Å². The van der Waals surface area contributed by atoms with E-state index in [9.17, 15) is 19.7 Å². The van der Waals surface area contributed by atoms with Crippen molar-refractivity contribution in [3.63, 3.8) is 0 Å². The fraction of sp³-hybridized carbons (Fsp3) is 0.619. The molecule has 0 unspecified atom stereocenters. The molecule has 1 aromatic carbocycles. The maximum atomic E-state index is 12.9. The van der Waals surface area contributed by atoms with Crippen molar-refractivity contribution in [2.45, 2.75) is 58.2 Å². The molecule has 0 aromatic heterocycles. The van der Waals surface area contributed by atoms with Gasteiger partial charge in [0.25, 0.3) is 5.69 Å². The molecule has 2 aliphatic heterocycles. The quantitative estimate of drug-likeness (QED) is 0.595. The molecule has 0 saturated carbocycles. The van der Waals surface area contributed by atoms with Gasteiger partial charge in [-0.15, -0.1) is 0 Å². The summed E-state index contributed by atoms with van der Waals surface area (Å²) in [4.78, 5) is 39.1. The van der Waals surface area contributed by atoms with Crippen LogP contribution in [-0.2, 0) is 9.53 Å². The fourth-order valence-corrected chi connectivity index (χ4v) is 4.01. The van der Waals surface area contributed by atoms with E-state index in [0.717, 1.165) is 6.42 Å². The van der Waals surface area contributed by atoms with Gasteiger partial charge < -0.3 is 19.9 Å². The molecule has 30 heavy (non-hydrogen) atoms. The third-order valence-electron chi connectivity index (χ3n) is 5.53. The van der Waals surface area contributed by atoms with Crippen molar-refractivity contribution >= 4 is 23.4 Å². The lowest BCUT2D eigenvalue weighted by Gasteiger charge is -2.38. The van der Waals surface area contributed by atoms with Gasteiger partial charge in [-0.3, -0.25) is 14.9 Å². The number of rotatable bonds is 4. The fourth-order valence-electron chi connectivity index (χ4n) is 4.01. The highest BCUT2D eigenvalue weighted by atomic mass is 16.6. The van der Waals surface area contributed by atoms with E-state index < -0.39 is 10.5 Å². The molecule has 0 spiro atoms. The number of amides is 2. The van der Waals surface area contributed by atoms with Gasteiger partial charge in [0, 0.05) is 37.8 Å². The molecule has 3 rings (SSSR count). The molecular formula is C21H30N4O5. The van der Waals surface area contributed by atoms with Crippen molar-refractivity contribution in [1.29, 1.82) is 0 Å². The van der Waals surface area contributed by atoms with Crippen molar-refractivity contribution in [3.8, 4) is 0 Å². The van der Waals surface area contributed by atoms with Crippen molar-refractivity contribution in [2.75, 3.05) is 24.5 Å². The van der Waals surface area contributed by atoms with Crippen LogP contribution >= 0.6 is 0 Å². The van der Waals surface area contributed by atoms with Gasteiger partial charge in [0.2, 0.25) is 5.91 Å². The summed E-state index contributed by atoms with van der Waals surface area (Å²) in [5, 5.41) is 14.5. The van der Waals surface area contributed by atoms with Crippen LogP contribution in [0.3, 0.4) is 0 Å². The Hall–Kier alpha value is -2.68. The minimum atomic E-state index is -0.526. The highest BCUT2D eigenvalue weighted by Crippen LogP contribution is 2.27. The number of nitrogens with zero attached hydrogens (tertiary/aromatic N) is 3. The number of carbonyl (C=O) groups excluding carboxylic acids is 2. The van der Waals surface area contributed by atoms with Crippen LogP contribution in [0.2, 0.25) is 0 Å². The second kappa shape index (κ2) is 8.59. The monoisotopic (exact) mass is 418 g/mol. The normalized spacial score (nSPS) is 24.8. The first-order chi connectivity index (χ1) is 14.0. The number of nitro benzene ring substituents is 1. The summed E-state index contributed by atoms with van der Waals surface area (Å²) in [5.41, 5.74) is -0.00656. The third-order valence-corrected chi connectivity index (χ3v) is 5.53. The SMILES string of the molecule is C[C@@H]1CN(C(=O)OC(C)(C)C)CC[C@@H]1N[C@@H]1CCN(c2cccc([N+](=O)[O-])c2)C1=O. The lowest BCUT2D eigenvalue weighted by atomic mass is 9.93. The lowest BCUT2D eigenvalue weighted by Crippen LogP contribution is -2.54. The molecule has 0 bridgehead atoms. The summed E-state index contributed by atoms with van der Waals surface area (Å²) in [6, 6.07) is 5.94. The zero-order valence-corrected chi connectivity index (χ0v) is 18.0. The van der Waals surface area contributed by atoms with E-state index in [0.29, 0.717) is 31.7 Å². The van der Waals surface area contributed by atoms with Crippen LogP contribution in [0.5, 0.6) is 0 Å². The van der Waals surface area contributed by atoms with Gasteiger partial charge in [0.15, 0.2) is 0 Å². The van der Waals surface area contributed by atoms with E-state index in [1.807, 2.05) is 20.8 Å². The van der Waals surface area contributed by atoms with Gasteiger partial charge in [0.1, 0.15) is 5.60 Å². The maximum absolute atomic E-state index is 12.9. The Kier molecular flexibility index (Phi) is 6.30. The summed E-state index contributed by atoms with van der Waals surface area (Å²) in [6.45, 7) is 9.27. The molecule has 9 nitrogen and oxygen atoms in total. The topological polar surface area (TPSA) is 105 Å². The Morgan fingerprint density at radius 2 is 2.00 bits per heavy atom. The molecule has 2 aliphatic rings. The van der Waals surface area contributed by atoms with Gasteiger partial charge in [-0.05, 0) is 45.6 Å². The second-order valence-electron chi connectivity index (χ2n) is 9.07. The molecular weight excluding hydrogens is 388 g/mol. The van der Waals surface area contributed by atoms with E-state index in [4.69, 9.17) is 4.74 Å². The number of ether oxygens (including phenoxy) is 1. The summed E-state index contributed by atoms with van der Waals surface area (Å²) in [5.74, 6) is 0.100. The first kappa shape index (κ1) is 22.0. The van der Waals surface area contributed by atoms with E-state index >= 15 is 0 Å². The summed E-state index contributed by atoms with van der Waals surface area (Å²) < 4.78 is 5.46. The number of benzene rings is 1. The molecule has 1 N–H and O–H groups in total. The Morgan fingerprint density at radius 3 is 2.63 bits per heavy atom. The Bertz CT molecular complexity index is 822. The first-order valence-corrected chi connectivity index (χ1v) is 10.3. The van der Waals surface area contributed by atoms with Crippen LogP contribution in [0.1, 0.15) is 40.5 Å². The number of hydrogen-bond donors (Lipinski definition) is 1. The Morgan fingerprint density at radius 1 is 1.27 bits per heavy atom. The van der Waals surface area contributed by atoms with Gasteiger partial charge in [-0.1, -0.05) is 13.0 Å². The summed E-state index contributed by atoms with van der Waals surface area (Å²) in [6.07, 6.45) is 1.07. The highest BCUT2D eigenvalue weighted by Gasteiger charge is 2.37. The first-order valence-electron chi connectivity index (χ1n) is 10.3. The average molecular weight is 418 g/mol. The zero-order valence-electron chi connectivity index (χ0n) is 18.0. The van der Waals surface area contributed by atoms with E-state index in [-0.39, 0.29) is 35.7 Å². The maximum Gasteiger partial charge on any atom is 0.410 e. The highest BCUT2D eigenvalue weighted by molar-refractivity contribution is 5.99. The minimum Gasteiger partial charge on any atom is -0.444 e. The number of likely N-dealkylation sites (tertiary alicyclic amines) is 1. The number of nitro groups is 1. The second-order valence-corrected chi connectivity index (χ2v) is 9.07. The largest absolute Gasteiger partial charge is 0.444 e. The van der Waals surface area contributed by atoms with Crippen LogP contribution in [-0.4, -0.2) is 59.1 Å². The lowest BCUT2D eigenvalue weighted by molar-refractivity contribution is -0.384. The summed E-state index contributed by atoms with van der Waals surface area (Å²) in [7, 11) is 0. The minimum absolute atomic E-state index is 0.0279. The molecule has 2 fully saturated rings. The number of carbonyl (C=O) groups is 2. The predicted octanol–water partition coefficient (Wildman–Crippen LogP) is 2.94. The van der Waals surface area contributed by atoms with Gasteiger partial charge in [-0.25, -0.2) is 4.79 Å². The standard InChI is InChI=1S/C21H30N4O5/c1-14-13-23(20(27)30-21(2,3)4)10-8-17(14)22-18-9-11-24(19(18)26)15-6-5-7-16(12-15)25(28)29/h5-7,12,14,17-18,22H,8-11,13H2,1-4H3/t14-,17+,18-/m1/s1. The smallest absolute Gasteiger partial charge is 0.410 e. The molecule has 0 radical (unpaired) electrons. The van der Waals surface area contributed by atoms with E-state index in [1.165, 1.54) is 12.1 Å². The van der Waals surface area contributed by atoms with Crippen LogP contribution in [0.25, 0.3) is 0 Å². The van der Waals surface area contributed by atoms with Gasteiger partial charge >= 0.3 is 6.09 Å². The number of hydrogen-bond acceptors (Lipinski definition) is 6. The number of nitrogens with one attached hydrogen (secondary N) is 1. The Balaban J connectivity index is 1.58. The van der Waals surface area contributed by atoms with Crippen LogP contribution in [0, 0.1) is 16.0 Å². The van der Waals surface area contributed by atoms with Crippen LogP contribution < -0.4 is 10.2 Å². The molecule has 0 aliphatic carbocycles. The number of non-ortho nitro benzene ring substituents is 1. The van der Waals surface area contributed by atoms with Crippen molar-refractivity contribution in [2.24, 2.45) is 5.92 Å². The Labute approximate surface area is 176 Å². The van der Waals surface area contributed by atoms with Crippen LogP contribution in [0.15, 0.2) is 24.3 Å².